The molecule has 2 atom stereocenters. The van der Waals surface area contributed by atoms with Gasteiger partial charge in [0.05, 0.1) is 10.0 Å². The van der Waals surface area contributed by atoms with Crippen molar-refractivity contribution in [3.05, 3.63) is 28.2 Å². The molecule has 2 N–H and O–H groups in total. The summed E-state index contributed by atoms with van der Waals surface area (Å²) in [6.45, 7) is 0. The van der Waals surface area contributed by atoms with Gasteiger partial charge in [0.15, 0.2) is 0 Å². The fourth-order valence-electron chi connectivity index (χ4n) is 1.04. The normalized spacial score (nSPS) is 13.8. The number of carboxylic acid groups (broad SMARTS) is 1. The molecule has 0 aliphatic rings. The molecule has 18 heavy (non-hydrogen) atoms. The van der Waals surface area contributed by atoms with Crippen LogP contribution in [0.15, 0.2) is 18.2 Å². The average molecular weight is 420 g/mol. The van der Waals surface area contributed by atoms with Gasteiger partial charge in [-0.1, -0.05) is 55.1 Å². The maximum atomic E-state index is 11.7. The molecule has 0 aliphatic carbocycles. The van der Waals surface area contributed by atoms with Gasteiger partial charge in [-0.25, -0.2) is 0 Å². The number of amides is 1. The molecule has 0 heterocycles. The number of rotatable bonds is 4. The van der Waals surface area contributed by atoms with Crippen molar-refractivity contribution in [2.24, 2.45) is 0 Å². The number of hydrogen-bond acceptors (Lipinski definition) is 2. The minimum atomic E-state index is -1.14. The first kappa shape index (κ1) is 15.8. The van der Waals surface area contributed by atoms with Gasteiger partial charge in [-0.05, 0) is 18.2 Å². The minimum Gasteiger partial charge on any atom is -0.480 e. The van der Waals surface area contributed by atoms with Gasteiger partial charge in [0, 0.05) is 5.69 Å². The molecule has 0 aliphatic heterocycles. The fourth-order valence-corrected chi connectivity index (χ4v) is 1.92. The molecule has 0 aromatic heterocycles. The Balaban J connectivity index is 2.75. The molecule has 0 spiro atoms. The van der Waals surface area contributed by atoms with Crippen LogP contribution >= 0.6 is 55.1 Å². The molecule has 98 valence electrons. The van der Waals surface area contributed by atoms with E-state index in [0.717, 1.165) is 0 Å². The Morgan fingerprint density at radius 2 is 1.78 bits per heavy atom. The Morgan fingerprint density at radius 3 is 2.28 bits per heavy atom. The minimum absolute atomic E-state index is 0.300. The highest BCUT2D eigenvalue weighted by Gasteiger charge is 2.29. The van der Waals surface area contributed by atoms with Gasteiger partial charge in [0.2, 0.25) is 5.91 Å². The van der Waals surface area contributed by atoms with Crippen molar-refractivity contribution in [3.63, 3.8) is 0 Å². The van der Waals surface area contributed by atoms with Crippen molar-refractivity contribution in [1.82, 2.24) is 0 Å². The average Bonchev–Trinajstić information content (AvgIpc) is 2.31. The van der Waals surface area contributed by atoms with E-state index in [1.165, 1.54) is 12.1 Å². The smallest absolute Gasteiger partial charge is 0.318 e. The van der Waals surface area contributed by atoms with Crippen LogP contribution in [-0.2, 0) is 9.59 Å². The van der Waals surface area contributed by atoms with Crippen molar-refractivity contribution in [3.8, 4) is 0 Å². The lowest BCUT2D eigenvalue weighted by Gasteiger charge is -2.13. The highest BCUT2D eigenvalue weighted by molar-refractivity contribution is 9.12. The van der Waals surface area contributed by atoms with E-state index in [1.807, 2.05) is 0 Å². The van der Waals surface area contributed by atoms with Crippen LogP contribution in [-0.4, -0.2) is 26.6 Å². The summed E-state index contributed by atoms with van der Waals surface area (Å²) in [6.07, 6.45) is 0. The molecule has 8 heteroatoms. The number of carbonyl (C=O) groups excluding carboxylic acids is 1. The lowest BCUT2D eigenvalue weighted by molar-refractivity contribution is -0.137. The van der Waals surface area contributed by atoms with Crippen LogP contribution < -0.4 is 5.32 Å². The highest BCUT2D eigenvalue weighted by Crippen LogP contribution is 2.25. The fraction of sp³-hybridized carbons (Fsp3) is 0.200. The number of anilines is 1. The van der Waals surface area contributed by atoms with Crippen LogP contribution in [0.4, 0.5) is 5.69 Å². The lowest BCUT2D eigenvalue weighted by Crippen LogP contribution is -2.34. The molecule has 0 bridgehead atoms. The topological polar surface area (TPSA) is 66.4 Å². The number of hydrogen-bond donors (Lipinski definition) is 2. The molecule has 1 amide bonds. The summed E-state index contributed by atoms with van der Waals surface area (Å²) in [5.74, 6) is -1.64. The number of aliphatic carboxylic acids is 1. The van der Waals surface area contributed by atoms with Gasteiger partial charge in [-0.2, -0.15) is 0 Å². The number of halogens is 4. The van der Waals surface area contributed by atoms with Crippen molar-refractivity contribution in [1.29, 1.82) is 0 Å². The number of alkyl halides is 2. The first-order valence-corrected chi connectivity index (χ1v) is 7.18. The molecular weight excluding hydrogens is 413 g/mol. The van der Waals surface area contributed by atoms with Crippen LogP contribution in [0.5, 0.6) is 0 Å². The van der Waals surface area contributed by atoms with E-state index >= 15 is 0 Å². The molecule has 1 rings (SSSR count). The predicted octanol–water partition coefficient (Wildman–Crippen LogP) is 3.54. The lowest BCUT2D eigenvalue weighted by atomic mass is 10.2. The Hall–Kier alpha value is -0.300. The van der Waals surface area contributed by atoms with Crippen LogP contribution in [0.1, 0.15) is 0 Å². The SMILES string of the molecule is O=C(O)C(Br)C(Br)C(=O)Nc1ccc(Cl)c(Cl)c1. The van der Waals surface area contributed by atoms with Crippen molar-refractivity contribution in [2.45, 2.75) is 9.65 Å². The third-order valence-corrected chi connectivity index (χ3v) is 5.24. The summed E-state index contributed by atoms with van der Waals surface area (Å²) < 4.78 is 0. The summed E-state index contributed by atoms with van der Waals surface area (Å²) >= 11 is 17.4. The quantitative estimate of drug-likeness (QED) is 0.733. The Kier molecular flexibility index (Phi) is 5.91. The van der Waals surface area contributed by atoms with Gasteiger partial charge in [0.1, 0.15) is 9.65 Å². The Morgan fingerprint density at radius 1 is 1.17 bits per heavy atom. The predicted molar refractivity (Wildman–Crippen MR) is 78.2 cm³/mol. The Bertz CT molecular complexity index is 484. The largest absolute Gasteiger partial charge is 0.480 e. The summed E-state index contributed by atoms with van der Waals surface area (Å²) in [5, 5.41) is 11.9. The molecule has 0 radical (unpaired) electrons. The number of carbonyl (C=O) groups is 2. The first-order valence-electron chi connectivity index (χ1n) is 4.59. The van der Waals surface area contributed by atoms with Crippen molar-refractivity contribution in [2.75, 3.05) is 5.32 Å². The highest BCUT2D eigenvalue weighted by atomic mass is 79.9. The molecule has 1 aromatic carbocycles. The van der Waals surface area contributed by atoms with Gasteiger partial charge in [-0.3, -0.25) is 9.59 Å². The van der Waals surface area contributed by atoms with Gasteiger partial charge < -0.3 is 10.4 Å². The molecule has 1 aromatic rings. The van der Waals surface area contributed by atoms with Crippen LogP contribution in [0.2, 0.25) is 10.0 Å². The number of nitrogens with one attached hydrogen (secondary N) is 1. The zero-order valence-corrected chi connectivity index (χ0v) is 13.3. The number of carboxylic acids is 1. The van der Waals surface area contributed by atoms with Gasteiger partial charge in [-0.15, -0.1) is 0 Å². The van der Waals surface area contributed by atoms with Crippen molar-refractivity contribution < 1.29 is 14.7 Å². The molecule has 0 saturated heterocycles. The third-order valence-electron chi connectivity index (χ3n) is 1.93. The maximum Gasteiger partial charge on any atom is 0.318 e. The third kappa shape index (κ3) is 4.12. The van der Waals surface area contributed by atoms with Gasteiger partial charge >= 0.3 is 5.97 Å². The second-order valence-corrected chi connectivity index (χ2v) is 6.05. The van der Waals surface area contributed by atoms with E-state index in [1.54, 1.807) is 6.07 Å². The van der Waals surface area contributed by atoms with E-state index in [2.05, 4.69) is 37.2 Å². The molecule has 0 fully saturated rings. The van der Waals surface area contributed by atoms with E-state index < -0.39 is 21.5 Å². The van der Waals surface area contributed by atoms with Crippen LogP contribution in [0, 0.1) is 0 Å². The van der Waals surface area contributed by atoms with Crippen molar-refractivity contribution >= 4 is 72.6 Å². The molecule has 2 unspecified atom stereocenters. The second-order valence-electron chi connectivity index (χ2n) is 3.26. The molecule has 4 nitrogen and oxygen atoms in total. The van der Waals surface area contributed by atoms with E-state index in [-0.39, 0.29) is 0 Å². The second kappa shape index (κ2) is 6.75. The van der Waals surface area contributed by atoms with E-state index in [9.17, 15) is 9.59 Å². The summed E-state index contributed by atoms with van der Waals surface area (Å²) in [6, 6.07) is 4.58. The molecule has 0 saturated carbocycles. The maximum absolute atomic E-state index is 11.7. The van der Waals surface area contributed by atoms with E-state index in [4.69, 9.17) is 28.3 Å². The van der Waals surface area contributed by atoms with Gasteiger partial charge in [0.25, 0.3) is 0 Å². The number of benzene rings is 1. The molecular formula is C10H7Br2Cl2NO3. The first-order chi connectivity index (χ1) is 8.32. The van der Waals surface area contributed by atoms with Crippen LogP contribution in [0.25, 0.3) is 0 Å². The summed E-state index contributed by atoms with van der Waals surface area (Å²) in [5.41, 5.74) is 0.434. The summed E-state index contributed by atoms with van der Waals surface area (Å²) in [4.78, 5) is 20.5. The monoisotopic (exact) mass is 417 g/mol. The summed E-state index contributed by atoms with van der Waals surface area (Å²) in [7, 11) is 0. The zero-order valence-electron chi connectivity index (χ0n) is 8.66. The van der Waals surface area contributed by atoms with E-state index in [0.29, 0.717) is 15.7 Å². The van der Waals surface area contributed by atoms with Crippen LogP contribution in [0.3, 0.4) is 0 Å². The standard InChI is InChI=1S/C10H7Br2Cl2NO3/c11-7(8(12)10(17)18)9(16)15-4-1-2-5(13)6(14)3-4/h1-3,7-8H,(H,15,16)(H,17,18). The zero-order chi connectivity index (χ0) is 13.9. The Labute approximate surface area is 130 Å².